The van der Waals surface area contributed by atoms with Crippen LogP contribution in [-0.2, 0) is 9.53 Å². The number of amides is 2. The predicted octanol–water partition coefficient (Wildman–Crippen LogP) is 5.03. The van der Waals surface area contributed by atoms with Gasteiger partial charge < -0.3 is 9.64 Å². The standard InChI is InChI=1S/C25H34N2O3/c1-7-13-25(14-8-2)17-20-21(19-12-10-9-11-18(19)3)27(16-15-26(20)22(25)28)23(29)30-24(4,5)6/h7-12,20-21H,1-2,13-17H2,3-6H3. The molecule has 0 aromatic heterocycles. The molecule has 2 aliphatic heterocycles. The molecule has 2 aliphatic rings. The highest BCUT2D eigenvalue weighted by atomic mass is 16.6. The fourth-order valence-electron chi connectivity index (χ4n) is 4.96. The number of hydrogen-bond acceptors (Lipinski definition) is 3. The topological polar surface area (TPSA) is 49.9 Å². The molecule has 0 N–H and O–H groups in total. The number of aryl methyl sites for hydroxylation is 1. The molecule has 1 aromatic rings. The molecule has 1 aromatic carbocycles. The largest absolute Gasteiger partial charge is 0.444 e. The van der Waals surface area contributed by atoms with Crippen LogP contribution in [0, 0.1) is 12.3 Å². The summed E-state index contributed by atoms with van der Waals surface area (Å²) >= 11 is 0. The van der Waals surface area contributed by atoms with Gasteiger partial charge in [0.15, 0.2) is 0 Å². The van der Waals surface area contributed by atoms with Crippen molar-refractivity contribution in [2.45, 2.75) is 64.6 Å². The second-order valence-corrected chi connectivity index (χ2v) is 9.51. The van der Waals surface area contributed by atoms with E-state index >= 15 is 0 Å². The van der Waals surface area contributed by atoms with Gasteiger partial charge in [-0.3, -0.25) is 9.69 Å². The van der Waals surface area contributed by atoms with Crippen molar-refractivity contribution in [1.82, 2.24) is 9.80 Å². The van der Waals surface area contributed by atoms with Crippen molar-refractivity contribution in [3.8, 4) is 0 Å². The molecule has 5 heteroatoms. The molecule has 2 atom stereocenters. The normalized spacial score (nSPS) is 23.1. The van der Waals surface area contributed by atoms with Crippen LogP contribution in [0.3, 0.4) is 0 Å². The monoisotopic (exact) mass is 410 g/mol. The van der Waals surface area contributed by atoms with E-state index in [0.29, 0.717) is 32.4 Å². The molecule has 0 spiro atoms. The molecule has 0 bridgehead atoms. The van der Waals surface area contributed by atoms with Crippen LogP contribution in [0.15, 0.2) is 49.6 Å². The molecular formula is C25H34N2O3. The summed E-state index contributed by atoms with van der Waals surface area (Å²) in [6.45, 7) is 16.4. The zero-order valence-corrected chi connectivity index (χ0v) is 18.7. The zero-order chi connectivity index (χ0) is 22.1. The molecular weight excluding hydrogens is 376 g/mol. The van der Waals surface area contributed by atoms with Crippen LogP contribution in [-0.4, -0.2) is 46.5 Å². The Morgan fingerprint density at radius 2 is 1.83 bits per heavy atom. The van der Waals surface area contributed by atoms with E-state index in [1.165, 1.54) is 0 Å². The SMILES string of the molecule is C=CCC1(CC=C)CC2C(c3ccccc3C)N(C(=O)OC(C)(C)C)CCN2C1=O. The highest BCUT2D eigenvalue weighted by Crippen LogP contribution is 2.49. The quantitative estimate of drug-likeness (QED) is 0.640. The van der Waals surface area contributed by atoms with Crippen molar-refractivity contribution in [2.24, 2.45) is 5.41 Å². The van der Waals surface area contributed by atoms with E-state index in [1.807, 2.05) is 54.9 Å². The molecule has 5 nitrogen and oxygen atoms in total. The van der Waals surface area contributed by atoms with Crippen molar-refractivity contribution >= 4 is 12.0 Å². The van der Waals surface area contributed by atoms with E-state index < -0.39 is 11.0 Å². The lowest BCUT2D eigenvalue weighted by Crippen LogP contribution is -2.56. The van der Waals surface area contributed by atoms with Crippen LogP contribution in [0.2, 0.25) is 0 Å². The third-order valence-electron chi connectivity index (χ3n) is 6.20. The summed E-state index contributed by atoms with van der Waals surface area (Å²) < 4.78 is 5.74. The molecule has 2 heterocycles. The van der Waals surface area contributed by atoms with Gasteiger partial charge in [-0.1, -0.05) is 36.4 Å². The second-order valence-electron chi connectivity index (χ2n) is 9.51. The number of benzene rings is 1. The first-order valence-electron chi connectivity index (χ1n) is 10.7. The molecule has 30 heavy (non-hydrogen) atoms. The van der Waals surface area contributed by atoms with Crippen LogP contribution in [0.4, 0.5) is 4.79 Å². The summed E-state index contributed by atoms with van der Waals surface area (Å²) in [6.07, 6.45) is 5.22. The van der Waals surface area contributed by atoms with Crippen LogP contribution >= 0.6 is 0 Å². The summed E-state index contributed by atoms with van der Waals surface area (Å²) in [5.74, 6) is 0.148. The summed E-state index contributed by atoms with van der Waals surface area (Å²) in [5, 5.41) is 0. The van der Waals surface area contributed by atoms with Gasteiger partial charge in [-0.2, -0.15) is 0 Å². The highest BCUT2D eigenvalue weighted by Gasteiger charge is 2.56. The molecule has 162 valence electrons. The molecule has 0 aliphatic carbocycles. The number of carbonyl (C=O) groups excluding carboxylic acids is 2. The Kier molecular flexibility index (Phi) is 6.11. The molecule has 2 saturated heterocycles. The van der Waals surface area contributed by atoms with Crippen LogP contribution in [0.1, 0.15) is 57.2 Å². The molecule has 0 saturated carbocycles. The number of ether oxygens (including phenoxy) is 1. The Hall–Kier alpha value is -2.56. The zero-order valence-electron chi connectivity index (χ0n) is 18.7. The molecule has 2 fully saturated rings. The first-order valence-corrected chi connectivity index (χ1v) is 10.7. The lowest BCUT2D eigenvalue weighted by atomic mass is 9.76. The third-order valence-corrected chi connectivity index (χ3v) is 6.20. The van der Waals surface area contributed by atoms with E-state index in [9.17, 15) is 9.59 Å². The van der Waals surface area contributed by atoms with Crippen molar-refractivity contribution in [3.05, 3.63) is 60.7 Å². The lowest BCUT2D eigenvalue weighted by Gasteiger charge is -2.45. The number of allylic oxidation sites excluding steroid dienone is 2. The van der Waals surface area contributed by atoms with Gasteiger partial charge in [0, 0.05) is 13.1 Å². The summed E-state index contributed by atoms with van der Waals surface area (Å²) in [7, 11) is 0. The van der Waals surface area contributed by atoms with Gasteiger partial charge in [-0.05, 0) is 58.1 Å². The Labute approximate surface area is 180 Å². The molecule has 2 unspecified atom stereocenters. The average molecular weight is 411 g/mol. The van der Waals surface area contributed by atoms with Crippen molar-refractivity contribution < 1.29 is 14.3 Å². The van der Waals surface area contributed by atoms with Crippen molar-refractivity contribution in [3.63, 3.8) is 0 Å². The maximum atomic E-state index is 13.5. The third kappa shape index (κ3) is 4.03. The predicted molar refractivity (Wildman–Crippen MR) is 119 cm³/mol. The van der Waals surface area contributed by atoms with Gasteiger partial charge >= 0.3 is 6.09 Å². The van der Waals surface area contributed by atoms with Crippen molar-refractivity contribution in [2.75, 3.05) is 13.1 Å². The summed E-state index contributed by atoms with van der Waals surface area (Å²) in [6, 6.07) is 7.77. The number of fused-ring (bicyclic) bond motifs is 1. The van der Waals surface area contributed by atoms with Gasteiger partial charge in [0.05, 0.1) is 17.5 Å². The van der Waals surface area contributed by atoms with E-state index in [1.54, 1.807) is 0 Å². The minimum absolute atomic E-state index is 0.0974. The smallest absolute Gasteiger partial charge is 0.410 e. The summed E-state index contributed by atoms with van der Waals surface area (Å²) in [4.78, 5) is 30.5. The maximum Gasteiger partial charge on any atom is 0.410 e. The second kappa shape index (κ2) is 8.29. The van der Waals surface area contributed by atoms with E-state index in [-0.39, 0.29) is 24.1 Å². The molecule has 0 radical (unpaired) electrons. The van der Waals surface area contributed by atoms with Gasteiger partial charge in [0.1, 0.15) is 5.60 Å². The van der Waals surface area contributed by atoms with E-state index in [2.05, 4.69) is 32.2 Å². The Bertz CT molecular complexity index is 829. The first-order chi connectivity index (χ1) is 14.1. The minimum atomic E-state index is -0.578. The van der Waals surface area contributed by atoms with Crippen molar-refractivity contribution in [1.29, 1.82) is 0 Å². The number of rotatable bonds is 5. The molecule has 3 rings (SSSR count). The van der Waals surface area contributed by atoms with Crippen LogP contribution < -0.4 is 0 Å². The van der Waals surface area contributed by atoms with Crippen LogP contribution in [0.25, 0.3) is 0 Å². The minimum Gasteiger partial charge on any atom is -0.444 e. The fourth-order valence-corrected chi connectivity index (χ4v) is 4.96. The van der Waals surface area contributed by atoms with Gasteiger partial charge in [-0.15, -0.1) is 13.2 Å². The van der Waals surface area contributed by atoms with E-state index in [4.69, 9.17) is 4.74 Å². The maximum absolute atomic E-state index is 13.5. The Morgan fingerprint density at radius 3 is 2.40 bits per heavy atom. The summed E-state index contributed by atoms with van der Waals surface area (Å²) in [5.41, 5.74) is 1.07. The average Bonchev–Trinajstić information content (AvgIpc) is 2.93. The lowest BCUT2D eigenvalue weighted by molar-refractivity contribution is -0.139. The highest BCUT2D eigenvalue weighted by molar-refractivity contribution is 5.86. The van der Waals surface area contributed by atoms with Crippen LogP contribution in [0.5, 0.6) is 0 Å². The van der Waals surface area contributed by atoms with Gasteiger partial charge in [0.25, 0.3) is 0 Å². The fraction of sp³-hybridized carbons (Fsp3) is 0.520. The van der Waals surface area contributed by atoms with E-state index in [0.717, 1.165) is 11.1 Å². The number of carbonyl (C=O) groups is 2. The van der Waals surface area contributed by atoms with Gasteiger partial charge in [0.2, 0.25) is 5.91 Å². The van der Waals surface area contributed by atoms with Gasteiger partial charge in [-0.25, -0.2) is 4.79 Å². The number of nitrogens with zero attached hydrogens (tertiary/aromatic N) is 2. The molecule has 2 amide bonds. The Morgan fingerprint density at radius 1 is 1.20 bits per heavy atom. The Balaban J connectivity index is 2.05. The first kappa shape index (κ1) is 22.1. The number of hydrogen-bond donors (Lipinski definition) is 0. The number of piperazine rings is 1.